The molecule has 0 aliphatic carbocycles. The zero-order chi connectivity index (χ0) is 18.8. The van der Waals surface area contributed by atoms with Crippen molar-refractivity contribution in [2.75, 3.05) is 0 Å². The molecule has 0 aliphatic rings. The summed E-state index contributed by atoms with van der Waals surface area (Å²) in [4.78, 5) is 11.5. The summed E-state index contributed by atoms with van der Waals surface area (Å²) in [5, 5.41) is 0.964. The van der Waals surface area contributed by atoms with E-state index < -0.39 is 0 Å². The molecule has 0 saturated heterocycles. The molecule has 134 valence electrons. The number of carbonyl (C=O) groups is 1. The third kappa shape index (κ3) is 3.60. The van der Waals surface area contributed by atoms with E-state index in [2.05, 4.69) is 16.7 Å². The van der Waals surface area contributed by atoms with Crippen LogP contribution in [0.2, 0.25) is 0 Å². The van der Waals surface area contributed by atoms with Gasteiger partial charge in [-0.2, -0.15) is 0 Å². The first-order chi connectivity index (χ1) is 13.1. The smallest absolute Gasteiger partial charge is 0.221 e. The number of rotatable bonds is 5. The Balaban J connectivity index is 1.82. The van der Waals surface area contributed by atoms with Crippen molar-refractivity contribution >= 4 is 16.8 Å². The molecular formula is C23H19FN2O. The number of nitrogens with zero attached hydrogens (tertiary/aromatic N) is 1. The molecule has 0 saturated carbocycles. The van der Waals surface area contributed by atoms with Crippen molar-refractivity contribution in [3.8, 4) is 11.1 Å². The number of aromatic nitrogens is 1. The van der Waals surface area contributed by atoms with Crippen LogP contribution in [0, 0.1) is 5.82 Å². The number of carbonyl (C=O) groups excluding carboxylic acids is 1. The Morgan fingerprint density at radius 1 is 0.926 bits per heavy atom. The Bertz CT molecular complexity index is 1120. The molecule has 4 aromatic rings. The van der Waals surface area contributed by atoms with Gasteiger partial charge >= 0.3 is 0 Å². The lowest BCUT2D eigenvalue weighted by Gasteiger charge is -2.07. The van der Waals surface area contributed by atoms with Gasteiger partial charge in [-0.05, 0) is 46.5 Å². The minimum absolute atomic E-state index is 0.172. The van der Waals surface area contributed by atoms with Gasteiger partial charge in [-0.25, -0.2) is 4.39 Å². The first-order valence-corrected chi connectivity index (χ1v) is 8.80. The Hall–Kier alpha value is -3.40. The highest BCUT2D eigenvalue weighted by molar-refractivity contribution is 5.92. The number of primary amides is 1. The minimum Gasteiger partial charge on any atom is -0.369 e. The third-order valence-corrected chi connectivity index (χ3v) is 4.68. The van der Waals surface area contributed by atoms with Crippen LogP contribution in [0.4, 0.5) is 4.39 Å². The van der Waals surface area contributed by atoms with Crippen molar-refractivity contribution in [1.29, 1.82) is 0 Å². The summed E-state index contributed by atoms with van der Waals surface area (Å²) in [5.74, 6) is -0.642. The number of nitrogens with two attached hydrogens (primary N) is 1. The zero-order valence-corrected chi connectivity index (χ0v) is 14.7. The summed E-state index contributed by atoms with van der Waals surface area (Å²) in [5.41, 5.74) is 10.2. The van der Waals surface area contributed by atoms with Crippen molar-refractivity contribution in [2.24, 2.45) is 5.73 Å². The number of hydrogen-bond donors (Lipinski definition) is 1. The summed E-state index contributed by atoms with van der Waals surface area (Å²) >= 11 is 0. The van der Waals surface area contributed by atoms with Gasteiger partial charge in [-0.1, -0.05) is 48.5 Å². The first kappa shape index (κ1) is 17.0. The Kier molecular flexibility index (Phi) is 4.47. The maximum atomic E-state index is 13.6. The molecule has 0 bridgehead atoms. The van der Waals surface area contributed by atoms with Crippen LogP contribution in [-0.2, 0) is 17.8 Å². The highest BCUT2D eigenvalue weighted by Crippen LogP contribution is 2.29. The number of amides is 1. The van der Waals surface area contributed by atoms with E-state index in [4.69, 9.17) is 5.73 Å². The first-order valence-electron chi connectivity index (χ1n) is 8.80. The van der Waals surface area contributed by atoms with Crippen molar-refractivity contribution in [2.45, 2.75) is 13.0 Å². The molecule has 0 aliphatic heterocycles. The highest BCUT2D eigenvalue weighted by Gasteiger charge is 2.12. The van der Waals surface area contributed by atoms with Crippen LogP contribution < -0.4 is 5.73 Å². The van der Waals surface area contributed by atoms with Gasteiger partial charge in [0, 0.05) is 23.6 Å². The molecule has 0 radical (unpaired) electrons. The van der Waals surface area contributed by atoms with Gasteiger partial charge in [0.25, 0.3) is 0 Å². The largest absolute Gasteiger partial charge is 0.369 e. The lowest BCUT2D eigenvalue weighted by Crippen LogP contribution is -2.13. The van der Waals surface area contributed by atoms with Gasteiger partial charge in [0.15, 0.2) is 0 Å². The summed E-state index contributed by atoms with van der Waals surface area (Å²) in [6.07, 6.45) is 2.16. The third-order valence-electron chi connectivity index (χ3n) is 4.68. The van der Waals surface area contributed by atoms with Crippen LogP contribution in [0.5, 0.6) is 0 Å². The molecule has 27 heavy (non-hydrogen) atoms. The highest BCUT2D eigenvalue weighted by atomic mass is 19.1. The van der Waals surface area contributed by atoms with E-state index in [-0.39, 0.29) is 18.1 Å². The molecule has 1 aromatic heterocycles. The van der Waals surface area contributed by atoms with E-state index in [1.807, 2.05) is 48.7 Å². The molecule has 3 nitrogen and oxygen atoms in total. The van der Waals surface area contributed by atoms with Gasteiger partial charge < -0.3 is 10.3 Å². The van der Waals surface area contributed by atoms with Crippen LogP contribution in [-0.4, -0.2) is 10.5 Å². The summed E-state index contributed by atoms with van der Waals surface area (Å²) in [6, 6.07) is 22.6. The maximum absolute atomic E-state index is 13.6. The fourth-order valence-corrected chi connectivity index (χ4v) is 3.46. The fourth-order valence-electron chi connectivity index (χ4n) is 3.46. The van der Waals surface area contributed by atoms with Crippen molar-refractivity contribution in [3.05, 3.63) is 95.9 Å². The molecule has 1 amide bonds. The number of fused-ring (bicyclic) bond motifs is 1. The molecule has 2 N–H and O–H groups in total. The SMILES string of the molecule is NC(=O)Cc1cn(Cc2ccccc2)c2ccc(-c3cccc(F)c3)cc12. The topological polar surface area (TPSA) is 48.0 Å². The van der Waals surface area contributed by atoms with Gasteiger partial charge in [-0.15, -0.1) is 0 Å². The number of halogens is 1. The maximum Gasteiger partial charge on any atom is 0.221 e. The van der Waals surface area contributed by atoms with Crippen molar-refractivity contribution in [3.63, 3.8) is 0 Å². The standard InChI is InChI=1S/C23H19FN2O/c24-20-8-4-7-17(11-20)18-9-10-22-21(12-18)19(13-23(25)27)15-26(22)14-16-5-2-1-3-6-16/h1-12,15H,13-14H2,(H2,25,27). The Morgan fingerprint density at radius 3 is 2.44 bits per heavy atom. The number of benzene rings is 3. The second-order valence-electron chi connectivity index (χ2n) is 6.65. The lowest BCUT2D eigenvalue weighted by molar-refractivity contribution is -0.117. The molecule has 4 heteroatoms. The van der Waals surface area contributed by atoms with Crippen LogP contribution in [0.1, 0.15) is 11.1 Å². The second kappa shape index (κ2) is 7.08. The number of hydrogen-bond acceptors (Lipinski definition) is 1. The van der Waals surface area contributed by atoms with E-state index in [0.717, 1.165) is 27.6 Å². The summed E-state index contributed by atoms with van der Waals surface area (Å²) in [6.45, 7) is 0.704. The van der Waals surface area contributed by atoms with Gasteiger partial charge in [0.2, 0.25) is 5.91 Å². The van der Waals surface area contributed by atoms with Gasteiger partial charge in [0.1, 0.15) is 5.82 Å². The molecule has 0 atom stereocenters. The molecule has 0 unspecified atom stereocenters. The van der Waals surface area contributed by atoms with Crippen LogP contribution >= 0.6 is 0 Å². The van der Waals surface area contributed by atoms with E-state index in [9.17, 15) is 9.18 Å². The van der Waals surface area contributed by atoms with E-state index in [0.29, 0.717) is 6.54 Å². The van der Waals surface area contributed by atoms with E-state index in [1.165, 1.54) is 17.7 Å². The quantitative estimate of drug-likeness (QED) is 0.560. The van der Waals surface area contributed by atoms with E-state index in [1.54, 1.807) is 6.07 Å². The normalized spacial score (nSPS) is 11.0. The van der Waals surface area contributed by atoms with Crippen LogP contribution in [0.25, 0.3) is 22.0 Å². The molecule has 1 heterocycles. The summed E-state index contributed by atoms with van der Waals surface area (Å²) < 4.78 is 15.7. The predicted octanol–water partition coefficient (Wildman–Crippen LogP) is 4.52. The fraction of sp³-hybridized carbons (Fsp3) is 0.0870. The minimum atomic E-state index is -0.370. The molecule has 3 aromatic carbocycles. The Morgan fingerprint density at radius 2 is 1.70 bits per heavy atom. The molecule has 0 fully saturated rings. The van der Waals surface area contributed by atoms with Gasteiger partial charge in [-0.3, -0.25) is 4.79 Å². The van der Waals surface area contributed by atoms with E-state index >= 15 is 0 Å². The predicted molar refractivity (Wildman–Crippen MR) is 106 cm³/mol. The van der Waals surface area contributed by atoms with Gasteiger partial charge in [0.05, 0.1) is 6.42 Å². The average Bonchev–Trinajstić information content (AvgIpc) is 2.98. The monoisotopic (exact) mass is 358 g/mol. The van der Waals surface area contributed by atoms with Crippen LogP contribution in [0.15, 0.2) is 79.0 Å². The average molecular weight is 358 g/mol. The second-order valence-corrected chi connectivity index (χ2v) is 6.65. The van der Waals surface area contributed by atoms with Crippen LogP contribution in [0.3, 0.4) is 0 Å². The Labute approximate surface area is 156 Å². The molecule has 0 spiro atoms. The van der Waals surface area contributed by atoms with Crippen molar-refractivity contribution < 1.29 is 9.18 Å². The zero-order valence-electron chi connectivity index (χ0n) is 14.7. The molecular weight excluding hydrogens is 339 g/mol. The molecule has 4 rings (SSSR count). The van der Waals surface area contributed by atoms with Crippen molar-refractivity contribution in [1.82, 2.24) is 4.57 Å². The summed E-state index contributed by atoms with van der Waals surface area (Å²) in [7, 11) is 0. The lowest BCUT2D eigenvalue weighted by atomic mass is 10.0.